The van der Waals surface area contributed by atoms with Gasteiger partial charge in [0.2, 0.25) is 0 Å². The fourth-order valence-corrected chi connectivity index (χ4v) is 4.72. The van der Waals surface area contributed by atoms with Gasteiger partial charge < -0.3 is 13.7 Å². The van der Waals surface area contributed by atoms with E-state index in [1.54, 1.807) is 23.9 Å². The highest BCUT2D eigenvalue weighted by atomic mass is 32.2. The van der Waals surface area contributed by atoms with E-state index >= 15 is 0 Å². The maximum absolute atomic E-state index is 14.7. The third-order valence-corrected chi connectivity index (χ3v) is 7.47. The lowest BCUT2D eigenvalue weighted by Crippen LogP contribution is -2.03. The fraction of sp³-hybridized carbons (Fsp3) is 0.111. The Hall–Kier alpha value is -4.89. The standard InChI is InChI=1S/C36H27FO5S2/c1-3-36(39)40-22-23-43-32-17-12-29(13-18-32)6-9-30-16-21-35(34(37)24-30)41-25-31-10-7-27(8-11-31)4-5-28-14-19-33(20-15-28)44-42-26(2)38/h3,7-8,10-21,24H,1,22-23,25H2,2H3. The molecule has 44 heavy (non-hydrogen) atoms. The van der Waals surface area contributed by atoms with Crippen LogP contribution in [0.4, 0.5) is 4.39 Å². The smallest absolute Gasteiger partial charge is 0.330 e. The number of ether oxygens (including phenoxy) is 2. The summed E-state index contributed by atoms with van der Waals surface area (Å²) in [6.45, 7) is 5.24. The molecule has 8 heteroatoms. The summed E-state index contributed by atoms with van der Waals surface area (Å²) >= 11 is 2.58. The first-order valence-corrected chi connectivity index (χ1v) is 15.1. The molecule has 4 rings (SSSR count). The zero-order chi connectivity index (χ0) is 31.1. The second-order valence-electron chi connectivity index (χ2n) is 9.06. The number of halogens is 1. The van der Waals surface area contributed by atoms with Crippen LogP contribution in [-0.4, -0.2) is 24.3 Å². The Morgan fingerprint density at radius 1 is 0.795 bits per heavy atom. The summed E-state index contributed by atoms with van der Waals surface area (Å²) in [4.78, 5) is 23.8. The molecule has 0 saturated carbocycles. The molecule has 0 amide bonds. The van der Waals surface area contributed by atoms with Gasteiger partial charge >= 0.3 is 11.9 Å². The largest absolute Gasteiger partial charge is 0.486 e. The first kappa shape index (κ1) is 32.0. The predicted octanol–water partition coefficient (Wildman–Crippen LogP) is 7.60. The number of thioether (sulfide) groups is 1. The normalized spacial score (nSPS) is 9.95. The number of esters is 1. The predicted molar refractivity (Wildman–Crippen MR) is 172 cm³/mol. The van der Waals surface area contributed by atoms with Gasteiger partial charge in [-0.3, -0.25) is 4.79 Å². The Morgan fingerprint density at radius 2 is 1.34 bits per heavy atom. The monoisotopic (exact) mass is 622 g/mol. The van der Waals surface area contributed by atoms with E-state index in [2.05, 4.69) is 30.3 Å². The van der Waals surface area contributed by atoms with E-state index < -0.39 is 11.8 Å². The highest BCUT2D eigenvalue weighted by Crippen LogP contribution is 2.21. The Labute approximate surface area is 265 Å². The lowest BCUT2D eigenvalue weighted by atomic mass is 10.1. The minimum Gasteiger partial charge on any atom is -0.486 e. The second-order valence-corrected chi connectivity index (χ2v) is 11.0. The fourth-order valence-electron chi connectivity index (χ4n) is 3.53. The van der Waals surface area contributed by atoms with E-state index in [1.807, 2.05) is 72.8 Å². The summed E-state index contributed by atoms with van der Waals surface area (Å²) in [6.07, 6.45) is 1.14. The van der Waals surface area contributed by atoms with Gasteiger partial charge in [0.15, 0.2) is 11.6 Å². The molecule has 0 bridgehead atoms. The Kier molecular flexibility index (Phi) is 12.1. The van der Waals surface area contributed by atoms with Gasteiger partial charge in [-0.15, -0.1) is 11.8 Å². The number of benzene rings is 4. The van der Waals surface area contributed by atoms with Crippen LogP contribution >= 0.6 is 23.8 Å². The molecule has 0 aliphatic rings. The second kappa shape index (κ2) is 16.7. The van der Waals surface area contributed by atoms with E-state index in [0.717, 1.165) is 50.2 Å². The van der Waals surface area contributed by atoms with Crippen molar-refractivity contribution in [3.8, 4) is 29.4 Å². The molecule has 0 N–H and O–H groups in total. The summed E-state index contributed by atoms with van der Waals surface area (Å²) < 4.78 is 30.3. The number of hydrogen-bond donors (Lipinski definition) is 0. The van der Waals surface area contributed by atoms with Crippen LogP contribution in [0.15, 0.2) is 113 Å². The molecule has 0 saturated heterocycles. The Morgan fingerprint density at radius 3 is 1.91 bits per heavy atom. The summed E-state index contributed by atoms with van der Waals surface area (Å²) in [6, 6.07) is 27.3. The van der Waals surface area contributed by atoms with Crippen LogP contribution in [0, 0.1) is 29.5 Å². The molecular formula is C36H27FO5S2. The summed E-state index contributed by atoms with van der Waals surface area (Å²) in [5.41, 5.74) is 3.89. The quantitative estimate of drug-likeness (QED) is 0.0451. The highest BCUT2D eigenvalue weighted by molar-refractivity contribution is 7.99. The van der Waals surface area contributed by atoms with Gasteiger partial charge in [-0.2, -0.15) is 0 Å². The van der Waals surface area contributed by atoms with E-state index in [0.29, 0.717) is 17.9 Å². The number of hydrogen-bond acceptors (Lipinski definition) is 7. The zero-order valence-electron chi connectivity index (χ0n) is 23.8. The summed E-state index contributed by atoms with van der Waals surface area (Å²) in [5, 5.41) is 0. The van der Waals surface area contributed by atoms with Crippen LogP contribution in [-0.2, 0) is 25.1 Å². The third kappa shape index (κ3) is 10.7. The van der Waals surface area contributed by atoms with Gasteiger partial charge in [0.25, 0.3) is 0 Å². The molecule has 5 nitrogen and oxygen atoms in total. The molecule has 0 aromatic heterocycles. The first-order valence-electron chi connectivity index (χ1n) is 13.4. The van der Waals surface area contributed by atoms with Gasteiger partial charge in [-0.25, -0.2) is 9.18 Å². The third-order valence-electron chi connectivity index (χ3n) is 5.71. The van der Waals surface area contributed by atoms with Crippen LogP contribution in [0.3, 0.4) is 0 Å². The van der Waals surface area contributed by atoms with Crippen molar-refractivity contribution in [1.29, 1.82) is 0 Å². The van der Waals surface area contributed by atoms with Crippen molar-refractivity contribution in [1.82, 2.24) is 0 Å². The molecule has 0 spiro atoms. The van der Waals surface area contributed by atoms with E-state index in [-0.39, 0.29) is 18.3 Å². The maximum Gasteiger partial charge on any atom is 0.330 e. The van der Waals surface area contributed by atoms with Crippen LogP contribution in [0.2, 0.25) is 0 Å². The van der Waals surface area contributed by atoms with Crippen molar-refractivity contribution in [3.05, 3.63) is 137 Å². The molecular weight excluding hydrogens is 596 g/mol. The van der Waals surface area contributed by atoms with E-state index in [9.17, 15) is 14.0 Å². The molecule has 0 fully saturated rings. The highest BCUT2D eigenvalue weighted by Gasteiger charge is 2.05. The Bertz CT molecular complexity index is 1730. The number of carbonyl (C=O) groups is 2. The summed E-state index contributed by atoms with van der Waals surface area (Å²) in [5.74, 6) is 11.8. The molecule has 4 aromatic rings. The van der Waals surface area contributed by atoms with Gasteiger partial charge in [0, 0.05) is 50.8 Å². The molecule has 0 radical (unpaired) electrons. The number of rotatable bonds is 10. The van der Waals surface area contributed by atoms with Crippen LogP contribution in [0.1, 0.15) is 34.7 Å². The summed E-state index contributed by atoms with van der Waals surface area (Å²) in [7, 11) is 0. The molecule has 0 heterocycles. The van der Waals surface area contributed by atoms with E-state index in [4.69, 9.17) is 13.7 Å². The molecule has 0 aliphatic carbocycles. The van der Waals surface area contributed by atoms with Crippen molar-refractivity contribution in [2.24, 2.45) is 0 Å². The van der Waals surface area contributed by atoms with Crippen molar-refractivity contribution >= 4 is 35.7 Å². The maximum atomic E-state index is 14.7. The SMILES string of the molecule is C=CC(=O)OCCSc1ccc(C#Cc2ccc(OCc3ccc(C#Cc4ccc(SOC(C)=O)cc4)cc3)c(F)c2)cc1. The zero-order valence-corrected chi connectivity index (χ0v) is 25.4. The minimum atomic E-state index is -0.486. The van der Waals surface area contributed by atoms with Crippen LogP contribution in [0.25, 0.3) is 0 Å². The lowest BCUT2D eigenvalue weighted by molar-refractivity contribution is -0.137. The molecule has 0 atom stereocenters. The van der Waals surface area contributed by atoms with Crippen molar-refractivity contribution < 1.29 is 27.6 Å². The first-order chi connectivity index (χ1) is 21.4. The van der Waals surface area contributed by atoms with E-state index in [1.165, 1.54) is 13.0 Å². The average Bonchev–Trinajstić information content (AvgIpc) is 3.04. The van der Waals surface area contributed by atoms with Gasteiger partial charge in [0.05, 0.1) is 12.0 Å². The Balaban J connectivity index is 1.25. The minimum absolute atomic E-state index is 0.148. The van der Waals surface area contributed by atoms with Crippen molar-refractivity contribution in [3.63, 3.8) is 0 Å². The van der Waals surface area contributed by atoms with Gasteiger partial charge in [-0.05, 0) is 84.4 Å². The van der Waals surface area contributed by atoms with Crippen LogP contribution in [0.5, 0.6) is 5.75 Å². The van der Waals surface area contributed by atoms with Crippen molar-refractivity contribution in [2.75, 3.05) is 12.4 Å². The van der Waals surface area contributed by atoms with Gasteiger partial charge in [-0.1, -0.05) is 42.4 Å². The van der Waals surface area contributed by atoms with Crippen LogP contribution < -0.4 is 4.74 Å². The van der Waals surface area contributed by atoms with Crippen molar-refractivity contribution in [2.45, 2.75) is 23.3 Å². The molecule has 4 aromatic carbocycles. The number of carbonyl (C=O) groups excluding carboxylic acids is 2. The molecule has 0 aliphatic heterocycles. The lowest BCUT2D eigenvalue weighted by Gasteiger charge is -2.08. The van der Waals surface area contributed by atoms with Gasteiger partial charge in [0.1, 0.15) is 13.2 Å². The molecule has 0 unspecified atom stereocenters. The molecule has 220 valence electrons. The average molecular weight is 623 g/mol. The topological polar surface area (TPSA) is 61.8 Å².